The fourth-order valence-electron chi connectivity index (χ4n) is 9.21. The lowest BCUT2D eigenvalue weighted by atomic mass is 10.1. The molecule has 0 atom stereocenters. The normalized spacial score (nSPS) is 11.5. The number of pyridine rings is 2. The third kappa shape index (κ3) is 11.9. The molecule has 12 aromatic rings. The van der Waals surface area contributed by atoms with Crippen molar-refractivity contribution in [1.29, 1.82) is 0 Å². The molecule has 0 saturated carbocycles. The molecule has 0 fully saturated rings. The molecule has 0 aliphatic rings. The van der Waals surface area contributed by atoms with Crippen LogP contribution in [0.25, 0.3) is 49.9 Å². The first-order chi connectivity index (χ1) is 43.3. The van der Waals surface area contributed by atoms with Gasteiger partial charge < -0.3 is 44.2 Å². The number of benzene rings is 6. The number of nitrogens with two attached hydrogens (primary N) is 2. The zero-order chi connectivity index (χ0) is 63.6. The third-order valence-corrected chi connectivity index (χ3v) is 18.8. The molecule has 90 heavy (non-hydrogen) atoms. The SMILES string of the molecule is COc1ccc(CN(c2ncns2)S(=O)(=O)c2cc(F)c(-n3cccc(-c4ccc5onc(N)c5c4)c3=O)cc2F)c(OC)c1.COc1ccc(CN(c2ncns2)S(=O)(=O)c2cc(F)c(Oc3ncccc3-c3ccc4onc(N)c4c3)cc2F)c(OC)c1. The lowest BCUT2D eigenvalue weighted by Gasteiger charge is -2.23. The van der Waals surface area contributed by atoms with Crippen LogP contribution in [0.5, 0.6) is 34.6 Å². The summed E-state index contributed by atoms with van der Waals surface area (Å²) >= 11 is 1.51. The Kier molecular flexibility index (Phi) is 17.1. The molecule has 24 nitrogen and oxygen atoms in total. The molecule has 4 N–H and O–H groups in total. The molecular formula is C58H44F4N12O12S4. The predicted molar refractivity (Wildman–Crippen MR) is 323 cm³/mol. The highest BCUT2D eigenvalue weighted by Crippen LogP contribution is 2.39. The number of hydrogen-bond acceptors (Lipinski definition) is 23. The number of ether oxygens (including phenoxy) is 5. The van der Waals surface area contributed by atoms with Crippen LogP contribution in [0.4, 0.5) is 39.5 Å². The molecule has 460 valence electrons. The Bertz CT molecular complexity index is 4960. The quantitative estimate of drug-likeness (QED) is 0.0711. The maximum Gasteiger partial charge on any atom is 0.269 e. The number of fused-ring (bicyclic) bond motifs is 2. The van der Waals surface area contributed by atoms with Gasteiger partial charge in [-0.3, -0.25) is 9.36 Å². The van der Waals surface area contributed by atoms with E-state index in [1.54, 1.807) is 84.9 Å². The van der Waals surface area contributed by atoms with Crippen molar-refractivity contribution in [3.63, 3.8) is 0 Å². The van der Waals surface area contributed by atoms with Crippen molar-refractivity contribution < 1.29 is 67.1 Å². The van der Waals surface area contributed by atoms with Crippen molar-refractivity contribution in [2.24, 2.45) is 0 Å². The van der Waals surface area contributed by atoms with Gasteiger partial charge in [-0.25, -0.2) is 58.0 Å². The Morgan fingerprint density at radius 2 is 1.07 bits per heavy atom. The first-order valence-electron chi connectivity index (χ1n) is 26.0. The first-order valence-corrected chi connectivity index (χ1v) is 30.4. The summed E-state index contributed by atoms with van der Waals surface area (Å²) in [6, 6.07) is 28.0. The van der Waals surface area contributed by atoms with Gasteiger partial charge in [-0.2, -0.15) is 8.75 Å². The molecule has 0 unspecified atom stereocenters. The minimum Gasteiger partial charge on any atom is -0.497 e. The number of anilines is 4. The van der Waals surface area contributed by atoms with Crippen molar-refractivity contribution in [1.82, 2.24) is 38.6 Å². The molecule has 0 aliphatic heterocycles. The highest BCUT2D eigenvalue weighted by atomic mass is 32.2. The van der Waals surface area contributed by atoms with Crippen LogP contribution < -0.4 is 49.3 Å². The molecule has 6 heterocycles. The maximum absolute atomic E-state index is 15.7. The Balaban J connectivity index is 0.000000185. The number of rotatable bonds is 19. The van der Waals surface area contributed by atoms with E-state index in [-0.39, 0.29) is 46.4 Å². The number of methoxy groups -OCH3 is 4. The Labute approximate surface area is 515 Å². The summed E-state index contributed by atoms with van der Waals surface area (Å²) in [6.07, 6.45) is 4.95. The molecule has 6 aromatic heterocycles. The van der Waals surface area contributed by atoms with Gasteiger partial charge in [0.2, 0.25) is 16.1 Å². The van der Waals surface area contributed by atoms with Crippen molar-refractivity contribution in [3.8, 4) is 62.6 Å². The number of sulfonamides is 2. The van der Waals surface area contributed by atoms with Gasteiger partial charge in [0.25, 0.3) is 25.6 Å². The number of hydrogen-bond donors (Lipinski definition) is 2. The molecule has 32 heteroatoms. The van der Waals surface area contributed by atoms with Crippen LogP contribution in [0, 0.1) is 23.3 Å². The van der Waals surface area contributed by atoms with Crippen LogP contribution in [0.15, 0.2) is 170 Å². The molecule has 0 aliphatic carbocycles. The molecule has 0 saturated heterocycles. The molecule has 0 radical (unpaired) electrons. The zero-order valence-corrected chi connectivity index (χ0v) is 50.2. The number of halogens is 4. The summed E-state index contributed by atoms with van der Waals surface area (Å²) in [5, 5.41) is 8.28. The standard InChI is InChI=1S/2C29H22F2N6O6S2/c1-41-18-7-5-17(25(11-18)42-2)14-37(29-33-15-34-44-29)45(39,40)26-13-21(30)23(12-22(26)31)36-9-3-4-19(28(36)38)16-6-8-24-20(10-16)27(32)35-43-24;1-40-18-7-5-17(24(11-18)41-2)14-37(29-34-15-35-44-29)45(38,39)26-13-21(30)25(12-22(26)31)42-28-19(4-3-9-33-28)16-6-8-23-20(10-16)27(32)36-43-23/h3-13,15H,14H2,1-2H3,(H2,32,35);3-13,15H,14H2,1-2H3,(H2,32,36). The highest BCUT2D eigenvalue weighted by molar-refractivity contribution is 7.93. The van der Waals surface area contributed by atoms with Crippen LogP contribution in [0.2, 0.25) is 0 Å². The monoisotopic (exact) mass is 1300 g/mol. The molecular weight excluding hydrogens is 1260 g/mol. The van der Waals surface area contributed by atoms with Crippen LogP contribution >= 0.6 is 23.1 Å². The first kappa shape index (κ1) is 61.0. The minimum absolute atomic E-state index is 0.0668. The lowest BCUT2D eigenvalue weighted by Crippen LogP contribution is -2.31. The molecule has 0 amide bonds. The van der Waals surface area contributed by atoms with Crippen molar-refractivity contribution >= 4 is 86.9 Å². The topological polar surface area (TPSA) is 311 Å². The van der Waals surface area contributed by atoms with E-state index in [1.807, 2.05) is 0 Å². The summed E-state index contributed by atoms with van der Waals surface area (Å²) in [6.45, 7) is -0.682. The van der Waals surface area contributed by atoms with Gasteiger partial charge in [0.15, 0.2) is 34.4 Å². The average molecular weight is 1310 g/mol. The highest BCUT2D eigenvalue weighted by Gasteiger charge is 2.35. The Hall–Kier alpha value is -10.7. The lowest BCUT2D eigenvalue weighted by molar-refractivity contribution is 0.391. The second-order valence-electron chi connectivity index (χ2n) is 18.9. The van der Waals surface area contributed by atoms with Gasteiger partial charge in [0.1, 0.15) is 62.9 Å². The van der Waals surface area contributed by atoms with Crippen molar-refractivity contribution in [3.05, 3.63) is 191 Å². The Morgan fingerprint density at radius 1 is 0.556 bits per heavy atom. The average Bonchev–Trinajstić information content (AvgIpc) is 0.939. The van der Waals surface area contributed by atoms with Crippen LogP contribution in [0.1, 0.15) is 11.1 Å². The zero-order valence-electron chi connectivity index (χ0n) is 46.9. The number of nitrogens with zero attached hydrogens (tertiary/aromatic N) is 10. The Morgan fingerprint density at radius 3 is 1.58 bits per heavy atom. The largest absolute Gasteiger partial charge is 0.497 e. The summed E-state index contributed by atoms with van der Waals surface area (Å²) in [4.78, 5) is 23.8. The summed E-state index contributed by atoms with van der Waals surface area (Å²) in [7, 11) is -3.76. The predicted octanol–water partition coefficient (Wildman–Crippen LogP) is 10.6. The fourth-order valence-corrected chi connectivity index (χ4v) is 13.6. The molecule has 12 rings (SSSR count). The van der Waals surface area contributed by atoms with E-state index in [2.05, 4.69) is 34.0 Å². The van der Waals surface area contributed by atoms with E-state index < -0.39 is 70.1 Å². The van der Waals surface area contributed by atoms with E-state index >= 15 is 17.6 Å². The van der Waals surface area contributed by atoms with Gasteiger partial charge >= 0.3 is 0 Å². The van der Waals surface area contributed by atoms with E-state index in [4.69, 9.17) is 44.2 Å². The third-order valence-electron chi connectivity index (χ3n) is 13.7. The molecule has 0 spiro atoms. The smallest absolute Gasteiger partial charge is 0.269 e. The van der Waals surface area contributed by atoms with Crippen molar-refractivity contribution in [2.75, 3.05) is 48.5 Å². The van der Waals surface area contributed by atoms with Gasteiger partial charge in [-0.05, 0) is 90.0 Å². The van der Waals surface area contributed by atoms with Crippen LogP contribution in [0.3, 0.4) is 0 Å². The van der Waals surface area contributed by atoms with E-state index in [0.29, 0.717) is 97.0 Å². The van der Waals surface area contributed by atoms with Crippen LogP contribution in [-0.4, -0.2) is 83.9 Å². The summed E-state index contributed by atoms with van der Waals surface area (Å²) < 4.78 is 166. The van der Waals surface area contributed by atoms with Crippen molar-refractivity contribution in [2.45, 2.75) is 22.9 Å². The van der Waals surface area contributed by atoms with Gasteiger partial charge in [-0.15, -0.1) is 0 Å². The van der Waals surface area contributed by atoms with E-state index in [9.17, 15) is 21.6 Å². The second-order valence-corrected chi connectivity index (χ2v) is 24.1. The van der Waals surface area contributed by atoms with Gasteiger partial charge in [0.05, 0.1) is 58.0 Å². The molecule has 6 aromatic carbocycles. The fraction of sp³-hybridized carbons (Fsp3) is 0.103. The van der Waals surface area contributed by atoms with E-state index in [0.717, 1.165) is 48.9 Å². The van der Waals surface area contributed by atoms with E-state index in [1.165, 1.54) is 53.0 Å². The maximum atomic E-state index is 15.7. The van der Waals surface area contributed by atoms with Gasteiger partial charge in [-0.1, -0.05) is 22.4 Å². The van der Waals surface area contributed by atoms with Crippen LogP contribution in [-0.2, 0) is 33.1 Å². The minimum atomic E-state index is -4.77. The number of aromatic nitrogens is 8. The number of nitrogen functional groups attached to an aromatic ring is 2. The second kappa shape index (κ2) is 25.2. The summed E-state index contributed by atoms with van der Waals surface area (Å²) in [5.74, 6) is -3.67. The molecule has 0 bridgehead atoms. The summed E-state index contributed by atoms with van der Waals surface area (Å²) in [5.41, 5.74) is 13.8. The van der Waals surface area contributed by atoms with Gasteiger partial charge in [0, 0.05) is 88.0 Å².